The molecule has 2 heterocycles. The maximum absolute atomic E-state index is 12.2. The lowest BCUT2D eigenvalue weighted by Crippen LogP contribution is -2.38. The monoisotopic (exact) mass is 383 g/mol. The van der Waals surface area contributed by atoms with Crippen LogP contribution in [0.3, 0.4) is 0 Å². The van der Waals surface area contributed by atoms with Crippen LogP contribution in [0.5, 0.6) is 0 Å². The molecule has 26 heavy (non-hydrogen) atoms. The number of hydrogen-bond donors (Lipinski definition) is 3. The zero-order valence-corrected chi connectivity index (χ0v) is 16.0. The minimum atomic E-state index is -0.121. The third-order valence-electron chi connectivity index (χ3n) is 5.12. The van der Waals surface area contributed by atoms with Crippen LogP contribution in [-0.4, -0.2) is 47.3 Å². The van der Waals surface area contributed by atoms with E-state index < -0.39 is 0 Å². The first-order valence-electron chi connectivity index (χ1n) is 9.51. The number of hydrogen-bond acceptors (Lipinski definition) is 4. The summed E-state index contributed by atoms with van der Waals surface area (Å²) in [4.78, 5) is 24.3. The second-order valence-electron chi connectivity index (χ2n) is 7.25. The maximum Gasteiger partial charge on any atom is 0.254 e. The molecule has 0 aromatic carbocycles. The summed E-state index contributed by atoms with van der Waals surface area (Å²) in [6, 6.07) is 0.295. The lowest BCUT2D eigenvalue weighted by Gasteiger charge is -2.22. The molecule has 1 saturated heterocycles. The van der Waals surface area contributed by atoms with E-state index in [0.29, 0.717) is 24.1 Å². The van der Waals surface area contributed by atoms with E-state index in [1.807, 2.05) is 0 Å². The number of carbonyl (C=O) groups excluding carboxylic acids is 2. The van der Waals surface area contributed by atoms with Crippen molar-refractivity contribution in [1.82, 2.24) is 25.7 Å². The maximum atomic E-state index is 12.2. The Morgan fingerprint density at radius 3 is 2.73 bits per heavy atom. The summed E-state index contributed by atoms with van der Waals surface area (Å²) in [5, 5.41) is 13.5. The minimum Gasteiger partial charge on any atom is -0.352 e. The lowest BCUT2D eigenvalue weighted by atomic mass is 9.95. The van der Waals surface area contributed by atoms with E-state index in [-0.39, 0.29) is 30.8 Å². The van der Waals surface area contributed by atoms with Crippen LogP contribution in [0.4, 0.5) is 0 Å². The van der Waals surface area contributed by atoms with Gasteiger partial charge in [-0.15, -0.1) is 12.4 Å². The first kappa shape index (κ1) is 20.7. The van der Waals surface area contributed by atoms with E-state index in [1.54, 1.807) is 6.20 Å². The number of carbonyl (C=O) groups is 2. The first-order valence-corrected chi connectivity index (χ1v) is 9.51. The molecule has 8 heteroatoms. The summed E-state index contributed by atoms with van der Waals surface area (Å²) in [7, 11) is 0. The molecular formula is C18H30ClN5O2. The molecule has 2 amide bonds. The van der Waals surface area contributed by atoms with E-state index >= 15 is 0 Å². The molecule has 1 saturated carbocycles. The van der Waals surface area contributed by atoms with Crippen molar-refractivity contribution in [3.05, 3.63) is 18.0 Å². The van der Waals surface area contributed by atoms with Crippen LogP contribution in [0.25, 0.3) is 0 Å². The molecule has 1 aliphatic carbocycles. The summed E-state index contributed by atoms with van der Waals surface area (Å²) >= 11 is 0. The Morgan fingerprint density at radius 1 is 1.19 bits per heavy atom. The zero-order chi connectivity index (χ0) is 17.5. The molecule has 1 aromatic rings. The molecule has 1 aromatic heterocycles. The Balaban J connectivity index is 0.00000243. The fourth-order valence-corrected chi connectivity index (χ4v) is 3.67. The van der Waals surface area contributed by atoms with Gasteiger partial charge in [0, 0.05) is 18.8 Å². The number of nitrogens with one attached hydrogen (secondary N) is 3. The second-order valence-corrected chi connectivity index (χ2v) is 7.25. The van der Waals surface area contributed by atoms with Gasteiger partial charge in [-0.3, -0.25) is 14.3 Å². The number of halogens is 1. The SMILES string of the molecule is Cl.O=C(Cn1cc(C(=O)NCC2CCCNC2)cn1)NC1CCCCC1. The van der Waals surface area contributed by atoms with Crippen LogP contribution in [0.1, 0.15) is 55.3 Å². The van der Waals surface area contributed by atoms with Crippen molar-refractivity contribution < 1.29 is 9.59 Å². The average molecular weight is 384 g/mol. The van der Waals surface area contributed by atoms with Gasteiger partial charge in [0.25, 0.3) is 5.91 Å². The quantitative estimate of drug-likeness (QED) is 0.694. The van der Waals surface area contributed by atoms with Gasteiger partial charge >= 0.3 is 0 Å². The van der Waals surface area contributed by atoms with Gasteiger partial charge in [-0.2, -0.15) is 5.10 Å². The van der Waals surface area contributed by atoms with E-state index in [2.05, 4.69) is 21.0 Å². The Labute approximate surface area is 161 Å². The summed E-state index contributed by atoms with van der Waals surface area (Å²) in [6.07, 6.45) is 11.3. The number of piperidine rings is 1. The predicted octanol–water partition coefficient (Wildman–Crippen LogP) is 1.48. The molecule has 0 radical (unpaired) electrons. The van der Waals surface area contributed by atoms with Gasteiger partial charge in [0.1, 0.15) is 6.54 Å². The van der Waals surface area contributed by atoms with Crippen LogP contribution in [-0.2, 0) is 11.3 Å². The highest BCUT2D eigenvalue weighted by Gasteiger charge is 2.18. The third-order valence-corrected chi connectivity index (χ3v) is 5.12. The van der Waals surface area contributed by atoms with Crippen molar-refractivity contribution in [1.29, 1.82) is 0 Å². The van der Waals surface area contributed by atoms with Crippen LogP contribution < -0.4 is 16.0 Å². The molecule has 0 spiro atoms. The molecular weight excluding hydrogens is 354 g/mol. The van der Waals surface area contributed by atoms with Crippen LogP contribution in [0.15, 0.2) is 12.4 Å². The van der Waals surface area contributed by atoms with Crippen molar-refractivity contribution >= 4 is 24.2 Å². The smallest absolute Gasteiger partial charge is 0.254 e. The number of nitrogens with zero attached hydrogens (tertiary/aromatic N) is 2. The Kier molecular flexibility index (Phi) is 8.38. The topological polar surface area (TPSA) is 88.1 Å². The van der Waals surface area contributed by atoms with Crippen LogP contribution in [0.2, 0.25) is 0 Å². The molecule has 2 aliphatic rings. The summed E-state index contributed by atoms with van der Waals surface area (Å²) in [6.45, 7) is 2.87. The molecule has 0 bridgehead atoms. The van der Waals surface area contributed by atoms with Crippen molar-refractivity contribution in [2.75, 3.05) is 19.6 Å². The molecule has 1 aliphatic heterocycles. The van der Waals surface area contributed by atoms with Crippen molar-refractivity contribution in [3.63, 3.8) is 0 Å². The Morgan fingerprint density at radius 2 is 2.00 bits per heavy atom. The van der Waals surface area contributed by atoms with Gasteiger partial charge in [0.2, 0.25) is 5.91 Å². The highest BCUT2D eigenvalue weighted by molar-refractivity contribution is 5.93. The van der Waals surface area contributed by atoms with Crippen molar-refractivity contribution in [2.45, 2.75) is 57.5 Å². The number of amides is 2. The highest BCUT2D eigenvalue weighted by Crippen LogP contribution is 2.17. The molecule has 3 N–H and O–H groups in total. The molecule has 2 fully saturated rings. The highest BCUT2D eigenvalue weighted by atomic mass is 35.5. The molecule has 3 rings (SSSR count). The van der Waals surface area contributed by atoms with Crippen molar-refractivity contribution in [3.8, 4) is 0 Å². The summed E-state index contributed by atoms with van der Waals surface area (Å²) in [5.74, 6) is 0.341. The summed E-state index contributed by atoms with van der Waals surface area (Å²) < 4.78 is 1.54. The second kappa shape index (κ2) is 10.5. The van der Waals surface area contributed by atoms with Crippen molar-refractivity contribution in [2.24, 2.45) is 5.92 Å². The van der Waals surface area contributed by atoms with E-state index in [1.165, 1.54) is 30.1 Å². The Hall–Kier alpha value is -1.60. The van der Waals surface area contributed by atoms with Crippen LogP contribution in [0, 0.1) is 5.92 Å². The minimum absolute atomic E-state index is 0. The van der Waals surface area contributed by atoms with E-state index in [9.17, 15) is 9.59 Å². The molecule has 1 atom stereocenters. The van der Waals surface area contributed by atoms with Gasteiger partial charge in [-0.1, -0.05) is 19.3 Å². The third kappa shape index (κ3) is 6.29. The van der Waals surface area contributed by atoms with Gasteiger partial charge < -0.3 is 16.0 Å². The molecule has 146 valence electrons. The van der Waals surface area contributed by atoms with E-state index in [4.69, 9.17) is 0 Å². The normalized spacial score (nSPS) is 20.8. The fourth-order valence-electron chi connectivity index (χ4n) is 3.67. The van der Waals surface area contributed by atoms with E-state index in [0.717, 1.165) is 38.8 Å². The predicted molar refractivity (Wildman–Crippen MR) is 102 cm³/mol. The van der Waals surface area contributed by atoms with Gasteiger partial charge in [0.15, 0.2) is 0 Å². The first-order chi connectivity index (χ1) is 12.2. The van der Waals surface area contributed by atoms with Gasteiger partial charge in [0.05, 0.1) is 11.8 Å². The Bertz CT molecular complexity index is 580. The van der Waals surface area contributed by atoms with Gasteiger partial charge in [-0.05, 0) is 44.7 Å². The zero-order valence-electron chi connectivity index (χ0n) is 15.2. The fraction of sp³-hybridized carbons (Fsp3) is 0.722. The largest absolute Gasteiger partial charge is 0.352 e. The average Bonchev–Trinajstić information content (AvgIpc) is 3.10. The summed E-state index contributed by atoms with van der Waals surface area (Å²) in [5.41, 5.74) is 0.509. The number of aromatic nitrogens is 2. The van der Waals surface area contributed by atoms with Crippen LogP contribution >= 0.6 is 12.4 Å². The lowest BCUT2D eigenvalue weighted by molar-refractivity contribution is -0.122. The number of rotatable bonds is 6. The standard InChI is InChI=1S/C18H29N5O2.ClH/c24-17(22-16-6-2-1-3-7-16)13-23-12-15(11-21-23)18(25)20-10-14-5-4-8-19-9-14;/h11-12,14,16,19H,1-10,13H2,(H,20,25)(H,22,24);1H. The van der Waals surface area contributed by atoms with Gasteiger partial charge in [-0.25, -0.2) is 0 Å². The molecule has 1 unspecified atom stereocenters. The molecule has 7 nitrogen and oxygen atoms in total.